The molecule has 0 aliphatic rings. The summed E-state index contributed by atoms with van der Waals surface area (Å²) in [5.74, 6) is -1.40. The van der Waals surface area contributed by atoms with Crippen LogP contribution in [-0.4, -0.2) is 34.4 Å². The number of aliphatic hydroxyl groups excluding tert-OH is 1. The number of nitrogens with one attached hydrogen (secondary N) is 1. The minimum absolute atomic E-state index is 0.0859. The quantitative estimate of drug-likeness (QED) is 0.719. The van der Waals surface area contributed by atoms with Crippen LogP contribution in [0.2, 0.25) is 0 Å². The lowest BCUT2D eigenvalue weighted by molar-refractivity contribution is -0.147. The van der Waals surface area contributed by atoms with E-state index in [0.29, 0.717) is 0 Å². The fourth-order valence-electron chi connectivity index (χ4n) is 1.24. The first-order valence-corrected chi connectivity index (χ1v) is 5.39. The zero-order chi connectivity index (χ0) is 13.5. The van der Waals surface area contributed by atoms with Crippen molar-refractivity contribution in [3.8, 4) is 0 Å². The molecule has 18 heavy (non-hydrogen) atoms. The number of carboxylic acids is 1. The molecule has 98 valence electrons. The summed E-state index contributed by atoms with van der Waals surface area (Å²) in [6, 6.07) is 8.13. The molecule has 6 heteroatoms. The van der Waals surface area contributed by atoms with Gasteiger partial charge in [0.05, 0.1) is 6.04 Å². The van der Waals surface area contributed by atoms with Crippen LogP contribution in [0.1, 0.15) is 12.5 Å². The first kappa shape index (κ1) is 14.0. The highest BCUT2D eigenvalue weighted by Crippen LogP contribution is 2.01. The Morgan fingerprint density at radius 3 is 2.50 bits per heavy atom. The van der Waals surface area contributed by atoms with Gasteiger partial charge in [-0.15, -0.1) is 0 Å². The Kier molecular flexibility index (Phi) is 5.13. The maximum atomic E-state index is 11.3. The van der Waals surface area contributed by atoms with E-state index in [-0.39, 0.29) is 6.61 Å². The van der Waals surface area contributed by atoms with E-state index in [2.05, 4.69) is 5.32 Å². The topological polar surface area (TPSA) is 95.9 Å². The first-order valence-electron chi connectivity index (χ1n) is 5.39. The van der Waals surface area contributed by atoms with E-state index in [1.54, 1.807) is 12.1 Å². The Labute approximate surface area is 104 Å². The molecule has 0 saturated heterocycles. The van der Waals surface area contributed by atoms with Crippen LogP contribution in [0.15, 0.2) is 30.3 Å². The number of benzene rings is 1. The largest absolute Gasteiger partial charge is 0.479 e. The number of amides is 1. The Bertz CT molecular complexity index is 406. The molecular weight excluding hydrogens is 238 g/mol. The lowest BCUT2D eigenvalue weighted by Crippen LogP contribution is -2.45. The Morgan fingerprint density at radius 2 is 1.94 bits per heavy atom. The summed E-state index contributed by atoms with van der Waals surface area (Å²) < 4.78 is 4.87. The number of carbonyl (C=O) groups excluding carboxylic acids is 1. The van der Waals surface area contributed by atoms with Crippen LogP contribution >= 0.6 is 0 Å². The predicted molar refractivity (Wildman–Crippen MR) is 62.9 cm³/mol. The molecule has 6 nitrogen and oxygen atoms in total. The Hall–Kier alpha value is -2.08. The van der Waals surface area contributed by atoms with Crippen LogP contribution in [0.25, 0.3) is 0 Å². The lowest BCUT2D eigenvalue weighted by atomic mass is 10.2. The fraction of sp³-hybridized carbons (Fsp3) is 0.333. The molecule has 0 unspecified atom stereocenters. The van der Waals surface area contributed by atoms with Crippen LogP contribution in [0.4, 0.5) is 4.79 Å². The van der Waals surface area contributed by atoms with Gasteiger partial charge in [0.25, 0.3) is 0 Å². The van der Waals surface area contributed by atoms with Crippen LogP contribution in [-0.2, 0) is 16.1 Å². The van der Waals surface area contributed by atoms with Gasteiger partial charge in [-0.2, -0.15) is 0 Å². The molecule has 0 bridgehead atoms. The van der Waals surface area contributed by atoms with E-state index in [1.165, 1.54) is 6.92 Å². The zero-order valence-electron chi connectivity index (χ0n) is 9.87. The number of rotatable bonds is 5. The van der Waals surface area contributed by atoms with Gasteiger partial charge in [0.15, 0.2) is 6.10 Å². The van der Waals surface area contributed by atoms with Crippen molar-refractivity contribution in [1.82, 2.24) is 5.32 Å². The highest BCUT2D eigenvalue weighted by molar-refractivity contribution is 5.75. The number of hydrogen-bond donors (Lipinski definition) is 3. The first-order chi connectivity index (χ1) is 8.50. The number of alkyl carbamates (subject to hydrolysis) is 1. The minimum atomic E-state index is -1.66. The van der Waals surface area contributed by atoms with Crippen molar-refractivity contribution >= 4 is 12.1 Å². The van der Waals surface area contributed by atoms with E-state index in [4.69, 9.17) is 14.9 Å². The minimum Gasteiger partial charge on any atom is -0.479 e. The smallest absolute Gasteiger partial charge is 0.407 e. The number of aliphatic hydroxyl groups is 1. The van der Waals surface area contributed by atoms with Gasteiger partial charge in [0.2, 0.25) is 0 Å². The molecule has 1 aromatic carbocycles. The number of aliphatic carboxylic acids is 1. The number of hydrogen-bond acceptors (Lipinski definition) is 4. The van der Waals surface area contributed by atoms with E-state index in [0.717, 1.165) is 5.56 Å². The molecule has 1 amide bonds. The Morgan fingerprint density at radius 1 is 1.33 bits per heavy atom. The van der Waals surface area contributed by atoms with Crippen molar-refractivity contribution in [3.63, 3.8) is 0 Å². The summed E-state index contributed by atoms with van der Waals surface area (Å²) >= 11 is 0. The Balaban J connectivity index is 2.36. The van der Waals surface area contributed by atoms with E-state index in [1.807, 2.05) is 18.2 Å². The molecule has 0 heterocycles. The van der Waals surface area contributed by atoms with Gasteiger partial charge < -0.3 is 20.3 Å². The molecule has 0 spiro atoms. The second-order valence-corrected chi connectivity index (χ2v) is 3.78. The maximum Gasteiger partial charge on any atom is 0.407 e. The molecule has 1 aromatic rings. The van der Waals surface area contributed by atoms with Gasteiger partial charge in [0, 0.05) is 0 Å². The average molecular weight is 253 g/mol. The molecule has 3 N–H and O–H groups in total. The second-order valence-electron chi connectivity index (χ2n) is 3.78. The van der Waals surface area contributed by atoms with Gasteiger partial charge in [-0.1, -0.05) is 30.3 Å². The summed E-state index contributed by atoms with van der Waals surface area (Å²) in [5.41, 5.74) is 0.819. The molecule has 1 rings (SSSR count). The predicted octanol–water partition coefficient (Wildman–Crippen LogP) is 0.747. The van der Waals surface area contributed by atoms with E-state index < -0.39 is 24.2 Å². The standard InChI is InChI=1S/C12H15NO5/c1-8(10(14)11(15)16)13-12(17)18-7-9-5-3-2-4-6-9/h2-6,8,10,14H,7H2,1H3,(H,13,17)(H,15,16)/t8-,10-/m1/s1. The maximum absolute atomic E-state index is 11.3. The second kappa shape index (κ2) is 6.61. The molecule has 0 aliphatic heterocycles. The third-order valence-corrected chi connectivity index (χ3v) is 2.28. The summed E-state index contributed by atoms with van der Waals surface area (Å²) in [6.07, 6.45) is -2.43. The van der Waals surface area contributed by atoms with Crippen LogP contribution in [0, 0.1) is 0 Å². The van der Waals surface area contributed by atoms with Crippen molar-refractivity contribution in [3.05, 3.63) is 35.9 Å². The monoisotopic (exact) mass is 253 g/mol. The van der Waals surface area contributed by atoms with Gasteiger partial charge in [-0.3, -0.25) is 0 Å². The zero-order valence-corrected chi connectivity index (χ0v) is 9.87. The van der Waals surface area contributed by atoms with Crippen molar-refractivity contribution < 1.29 is 24.5 Å². The van der Waals surface area contributed by atoms with Crippen molar-refractivity contribution in [2.45, 2.75) is 25.7 Å². The third kappa shape index (κ3) is 4.42. The SMILES string of the molecule is C[C@@H](NC(=O)OCc1ccccc1)[C@@H](O)C(=O)O. The lowest BCUT2D eigenvalue weighted by Gasteiger charge is -2.16. The van der Waals surface area contributed by atoms with Crippen molar-refractivity contribution in [2.24, 2.45) is 0 Å². The molecule has 0 fully saturated rings. The number of ether oxygens (including phenoxy) is 1. The summed E-state index contributed by atoms with van der Waals surface area (Å²) in [6.45, 7) is 1.46. The van der Waals surface area contributed by atoms with E-state index >= 15 is 0 Å². The van der Waals surface area contributed by atoms with E-state index in [9.17, 15) is 9.59 Å². The van der Waals surface area contributed by atoms with Gasteiger partial charge >= 0.3 is 12.1 Å². The van der Waals surface area contributed by atoms with Gasteiger partial charge in [-0.05, 0) is 12.5 Å². The number of carbonyl (C=O) groups is 2. The van der Waals surface area contributed by atoms with Gasteiger partial charge in [0.1, 0.15) is 6.61 Å². The average Bonchev–Trinajstić information content (AvgIpc) is 2.36. The number of carboxylic acid groups (broad SMARTS) is 1. The van der Waals surface area contributed by atoms with Crippen molar-refractivity contribution in [1.29, 1.82) is 0 Å². The van der Waals surface area contributed by atoms with Crippen LogP contribution in [0.5, 0.6) is 0 Å². The molecule has 0 radical (unpaired) electrons. The highest BCUT2D eigenvalue weighted by Gasteiger charge is 2.23. The normalized spacial score (nSPS) is 13.4. The van der Waals surface area contributed by atoms with Gasteiger partial charge in [-0.25, -0.2) is 9.59 Å². The highest BCUT2D eigenvalue weighted by atomic mass is 16.5. The molecule has 0 saturated carbocycles. The third-order valence-electron chi connectivity index (χ3n) is 2.28. The van der Waals surface area contributed by atoms with Crippen LogP contribution in [0.3, 0.4) is 0 Å². The summed E-state index contributed by atoms with van der Waals surface area (Å²) in [4.78, 5) is 21.8. The van der Waals surface area contributed by atoms with Crippen molar-refractivity contribution in [2.75, 3.05) is 0 Å². The van der Waals surface area contributed by atoms with Crippen LogP contribution < -0.4 is 5.32 Å². The fourth-order valence-corrected chi connectivity index (χ4v) is 1.24. The molecular formula is C12H15NO5. The molecule has 0 aliphatic carbocycles. The molecule has 2 atom stereocenters. The summed E-state index contributed by atoms with van der Waals surface area (Å²) in [7, 11) is 0. The molecule has 0 aromatic heterocycles. The summed E-state index contributed by atoms with van der Waals surface area (Å²) in [5, 5.41) is 19.9.